The van der Waals surface area contributed by atoms with Crippen LogP contribution in [0.5, 0.6) is 5.75 Å². The van der Waals surface area contributed by atoms with E-state index in [2.05, 4.69) is 15.5 Å². The van der Waals surface area contributed by atoms with Crippen LogP contribution in [0.25, 0.3) is 0 Å². The van der Waals surface area contributed by atoms with E-state index in [1.54, 1.807) is 0 Å². The van der Waals surface area contributed by atoms with E-state index in [1.807, 2.05) is 30.3 Å². The number of para-hydroxylation sites is 1. The van der Waals surface area contributed by atoms with Gasteiger partial charge < -0.3 is 10.1 Å². The van der Waals surface area contributed by atoms with Crippen molar-refractivity contribution in [2.45, 2.75) is 19.3 Å². The number of amides is 1. The Balaban J connectivity index is 1.46. The molecule has 146 valence electrons. The smallest absolute Gasteiger partial charge is 0.269 e. The highest BCUT2D eigenvalue weighted by Gasteiger charge is 2.33. The molecule has 2 aromatic rings. The molecule has 28 heavy (non-hydrogen) atoms. The molecule has 0 fully saturated rings. The lowest BCUT2D eigenvalue weighted by Crippen LogP contribution is -2.23. The van der Waals surface area contributed by atoms with Gasteiger partial charge in [0.2, 0.25) is 11.6 Å². The standard InChI is InChI=1S/C20H21N3O4S/c1-21-20(26)18-16-17(22-23-18)14(24)12-15(19(16)25)28-11-7-3-6-10-27-13-8-4-2-5-9-13/h2,4-5,8-9,12H,3,6-7,10-11H2,1H3,(H,21,26)(H,22,23). The summed E-state index contributed by atoms with van der Waals surface area (Å²) in [4.78, 5) is 37.1. The summed E-state index contributed by atoms with van der Waals surface area (Å²) in [6.07, 6.45) is 4.06. The summed E-state index contributed by atoms with van der Waals surface area (Å²) in [5, 5.41) is 8.75. The summed E-state index contributed by atoms with van der Waals surface area (Å²) in [5.74, 6) is 0.397. The van der Waals surface area contributed by atoms with Gasteiger partial charge in [0.25, 0.3) is 5.91 Å². The number of fused-ring (bicyclic) bond motifs is 1. The second-order valence-electron chi connectivity index (χ2n) is 6.17. The maximum atomic E-state index is 12.7. The number of hydrogen-bond acceptors (Lipinski definition) is 6. The minimum absolute atomic E-state index is 0.00557. The molecule has 1 heterocycles. The van der Waals surface area contributed by atoms with Crippen molar-refractivity contribution in [3.63, 3.8) is 0 Å². The number of nitrogens with one attached hydrogen (secondary N) is 2. The summed E-state index contributed by atoms with van der Waals surface area (Å²) < 4.78 is 5.64. The molecule has 0 bridgehead atoms. The van der Waals surface area contributed by atoms with E-state index in [4.69, 9.17) is 4.74 Å². The third kappa shape index (κ3) is 4.51. The third-order valence-electron chi connectivity index (χ3n) is 4.23. The van der Waals surface area contributed by atoms with Gasteiger partial charge >= 0.3 is 0 Å². The van der Waals surface area contributed by atoms with Crippen molar-refractivity contribution in [2.75, 3.05) is 19.4 Å². The van der Waals surface area contributed by atoms with Crippen molar-refractivity contribution in [1.82, 2.24) is 15.5 Å². The van der Waals surface area contributed by atoms with Crippen molar-refractivity contribution in [3.05, 3.63) is 58.3 Å². The first-order chi connectivity index (χ1) is 13.6. The molecule has 1 aliphatic rings. The van der Waals surface area contributed by atoms with Gasteiger partial charge in [0, 0.05) is 13.1 Å². The third-order valence-corrected chi connectivity index (χ3v) is 5.33. The Morgan fingerprint density at radius 1 is 1.18 bits per heavy atom. The van der Waals surface area contributed by atoms with Crippen LogP contribution in [0.1, 0.15) is 50.6 Å². The fourth-order valence-electron chi connectivity index (χ4n) is 2.78. The molecule has 3 rings (SSSR count). The van der Waals surface area contributed by atoms with E-state index in [1.165, 1.54) is 24.9 Å². The molecule has 1 amide bonds. The van der Waals surface area contributed by atoms with E-state index >= 15 is 0 Å². The Morgan fingerprint density at radius 2 is 1.96 bits per heavy atom. The van der Waals surface area contributed by atoms with Gasteiger partial charge in [0.05, 0.1) is 17.1 Å². The average Bonchev–Trinajstić information content (AvgIpc) is 3.17. The molecular weight excluding hydrogens is 378 g/mol. The number of ketones is 2. The Kier molecular flexibility index (Phi) is 6.65. The number of aromatic amines is 1. The predicted octanol–water partition coefficient (Wildman–Crippen LogP) is 3.01. The van der Waals surface area contributed by atoms with Crippen molar-refractivity contribution in [3.8, 4) is 5.75 Å². The van der Waals surface area contributed by atoms with E-state index in [9.17, 15) is 14.4 Å². The highest BCUT2D eigenvalue weighted by atomic mass is 32.2. The van der Waals surface area contributed by atoms with Crippen molar-refractivity contribution >= 4 is 29.2 Å². The fraction of sp³-hybridized carbons (Fsp3) is 0.300. The van der Waals surface area contributed by atoms with Crippen molar-refractivity contribution < 1.29 is 19.1 Å². The van der Waals surface area contributed by atoms with Gasteiger partial charge in [-0.1, -0.05) is 18.2 Å². The van der Waals surface area contributed by atoms with Gasteiger partial charge in [-0.3, -0.25) is 19.5 Å². The number of unbranched alkanes of at least 4 members (excludes halogenated alkanes) is 2. The summed E-state index contributed by atoms with van der Waals surface area (Å²) in [5.41, 5.74) is 0.0942. The molecule has 0 saturated carbocycles. The van der Waals surface area contributed by atoms with Gasteiger partial charge in [-0.05, 0) is 37.1 Å². The molecule has 0 unspecified atom stereocenters. The number of rotatable bonds is 9. The van der Waals surface area contributed by atoms with Crippen LogP contribution < -0.4 is 10.1 Å². The minimum atomic E-state index is -0.473. The zero-order valence-corrected chi connectivity index (χ0v) is 16.3. The number of hydrogen-bond donors (Lipinski definition) is 2. The van der Waals surface area contributed by atoms with Crippen molar-refractivity contribution in [1.29, 1.82) is 0 Å². The Hall–Kier alpha value is -2.87. The summed E-state index contributed by atoms with van der Waals surface area (Å²) in [6.45, 7) is 0.642. The molecule has 7 nitrogen and oxygen atoms in total. The minimum Gasteiger partial charge on any atom is -0.494 e. The Bertz CT molecular complexity index is 905. The molecule has 1 aliphatic carbocycles. The molecule has 0 spiro atoms. The molecule has 0 atom stereocenters. The highest BCUT2D eigenvalue weighted by molar-refractivity contribution is 8.04. The number of H-pyrrole nitrogens is 1. The van der Waals surface area contributed by atoms with Gasteiger partial charge in [-0.15, -0.1) is 11.8 Å². The zero-order chi connectivity index (χ0) is 19.9. The van der Waals surface area contributed by atoms with E-state index in [0.29, 0.717) is 17.3 Å². The molecule has 8 heteroatoms. The lowest BCUT2D eigenvalue weighted by Gasteiger charge is -2.11. The SMILES string of the molecule is CNC(=O)c1[nH]nc2c1C(=O)C(SCCCCCOc1ccccc1)=CC2=O. The van der Waals surface area contributed by atoms with E-state index in [-0.39, 0.29) is 28.5 Å². The first kappa shape index (κ1) is 19.9. The molecule has 2 N–H and O–H groups in total. The highest BCUT2D eigenvalue weighted by Crippen LogP contribution is 2.30. The first-order valence-electron chi connectivity index (χ1n) is 9.03. The predicted molar refractivity (Wildman–Crippen MR) is 107 cm³/mol. The lowest BCUT2D eigenvalue weighted by atomic mass is 9.99. The Morgan fingerprint density at radius 3 is 2.71 bits per heavy atom. The zero-order valence-electron chi connectivity index (χ0n) is 15.5. The molecule has 0 aliphatic heterocycles. The number of ether oxygens (including phenoxy) is 1. The Labute approximate surface area is 166 Å². The van der Waals surface area contributed by atoms with Crippen LogP contribution in [0, 0.1) is 0 Å². The van der Waals surface area contributed by atoms with Crippen LogP contribution in [0.3, 0.4) is 0 Å². The second kappa shape index (κ2) is 9.36. The number of nitrogens with zero attached hydrogens (tertiary/aromatic N) is 1. The van der Waals surface area contributed by atoms with Crippen LogP contribution in [-0.2, 0) is 0 Å². The van der Waals surface area contributed by atoms with Gasteiger partial charge in [0.15, 0.2) is 0 Å². The second-order valence-corrected chi connectivity index (χ2v) is 7.31. The number of thioether (sulfide) groups is 1. The molecule has 1 aromatic carbocycles. The number of benzene rings is 1. The number of Topliss-reactive ketones (excluding diaryl/α,β-unsaturated/α-hetero) is 1. The van der Waals surface area contributed by atoms with Crippen LogP contribution >= 0.6 is 11.8 Å². The van der Waals surface area contributed by atoms with E-state index < -0.39 is 5.91 Å². The summed E-state index contributed by atoms with van der Waals surface area (Å²) in [7, 11) is 1.46. The monoisotopic (exact) mass is 399 g/mol. The van der Waals surface area contributed by atoms with E-state index in [0.717, 1.165) is 25.0 Å². The maximum Gasteiger partial charge on any atom is 0.269 e. The van der Waals surface area contributed by atoms with Crippen LogP contribution in [0.4, 0.5) is 0 Å². The number of carbonyl (C=O) groups excluding carboxylic acids is 3. The number of aromatic nitrogens is 2. The van der Waals surface area contributed by atoms with Crippen LogP contribution in [-0.4, -0.2) is 47.1 Å². The first-order valence-corrected chi connectivity index (χ1v) is 10.0. The topological polar surface area (TPSA) is 101 Å². The van der Waals surface area contributed by atoms with Crippen molar-refractivity contribution in [2.24, 2.45) is 0 Å². The maximum absolute atomic E-state index is 12.7. The largest absolute Gasteiger partial charge is 0.494 e. The van der Waals surface area contributed by atoms with Gasteiger partial charge in [0.1, 0.15) is 17.1 Å². The molecular formula is C20H21N3O4S. The lowest BCUT2D eigenvalue weighted by molar-refractivity contribution is 0.0945. The average molecular weight is 399 g/mol. The molecule has 0 saturated heterocycles. The van der Waals surface area contributed by atoms with Crippen LogP contribution in [0.2, 0.25) is 0 Å². The fourth-order valence-corrected chi connectivity index (χ4v) is 3.78. The van der Waals surface area contributed by atoms with Crippen LogP contribution in [0.15, 0.2) is 41.3 Å². The summed E-state index contributed by atoms with van der Waals surface area (Å²) >= 11 is 1.34. The number of allylic oxidation sites excluding steroid dienone is 2. The molecule has 0 radical (unpaired) electrons. The van der Waals surface area contributed by atoms with Gasteiger partial charge in [-0.25, -0.2) is 0 Å². The normalized spacial score (nSPS) is 13.1. The number of carbonyl (C=O) groups is 3. The molecule has 1 aromatic heterocycles. The summed E-state index contributed by atoms with van der Waals surface area (Å²) in [6, 6.07) is 9.66. The van der Waals surface area contributed by atoms with Gasteiger partial charge in [-0.2, -0.15) is 5.10 Å². The quantitative estimate of drug-likeness (QED) is 0.629.